The predicted octanol–water partition coefficient (Wildman–Crippen LogP) is 3.10. The first-order chi connectivity index (χ1) is 10.5. The molecule has 3 N–H and O–H groups in total. The van der Waals surface area contributed by atoms with Crippen LogP contribution in [0.1, 0.15) is 18.6 Å². The third kappa shape index (κ3) is 3.69. The van der Waals surface area contributed by atoms with Crippen LogP contribution in [-0.2, 0) is 9.53 Å². The molecule has 1 atom stereocenters. The van der Waals surface area contributed by atoms with Crippen LogP contribution in [0.4, 0.5) is 10.1 Å². The molecule has 2 rings (SSSR count). The molecule has 0 heterocycles. The Morgan fingerprint density at radius 2 is 1.86 bits per heavy atom. The second kappa shape index (κ2) is 7.15. The van der Waals surface area contributed by atoms with E-state index in [4.69, 9.17) is 10.5 Å². The molecule has 0 saturated heterocycles. The summed E-state index contributed by atoms with van der Waals surface area (Å²) in [5.41, 5.74) is 8.01. The quantitative estimate of drug-likeness (QED) is 0.892. The minimum atomic E-state index is -0.492. The van der Waals surface area contributed by atoms with Crippen LogP contribution in [0.15, 0.2) is 42.5 Å². The van der Waals surface area contributed by atoms with E-state index in [1.54, 1.807) is 13.2 Å². The summed E-state index contributed by atoms with van der Waals surface area (Å²) in [6.07, 6.45) is 0.0136. The summed E-state index contributed by atoms with van der Waals surface area (Å²) in [5.74, 6) is -0.918. The molecule has 22 heavy (non-hydrogen) atoms. The van der Waals surface area contributed by atoms with Crippen molar-refractivity contribution in [2.45, 2.75) is 13.0 Å². The molecule has 0 bridgehead atoms. The van der Waals surface area contributed by atoms with Crippen LogP contribution < -0.4 is 11.1 Å². The number of anilines is 1. The molecule has 0 aliphatic carbocycles. The van der Waals surface area contributed by atoms with Crippen molar-refractivity contribution in [2.75, 3.05) is 19.0 Å². The molecule has 0 fully saturated rings. The second-order valence-electron chi connectivity index (χ2n) is 4.95. The summed E-state index contributed by atoms with van der Waals surface area (Å²) in [6, 6.07) is 12.4. The van der Waals surface area contributed by atoms with Gasteiger partial charge in [-0.15, -0.1) is 0 Å². The SMILES string of the molecule is CO[C@H](C)c1ccc(-c2ccc(NC(=O)CN)c(F)c2)cc1. The molecule has 0 unspecified atom stereocenters. The second-order valence-corrected chi connectivity index (χ2v) is 4.95. The molecule has 0 aliphatic heterocycles. The Bertz CT molecular complexity index is 656. The van der Waals surface area contributed by atoms with Crippen LogP contribution in [0.25, 0.3) is 11.1 Å². The van der Waals surface area contributed by atoms with Crippen LogP contribution in [0.2, 0.25) is 0 Å². The molecule has 5 heteroatoms. The van der Waals surface area contributed by atoms with Crippen molar-refractivity contribution in [3.63, 3.8) is 0 Å². The van der Waals surface area contributed by atoms with Crippen LogP contribution in [-0.4, -0.2) is 19.6 Å². The minimum Gasteiger partial charge on any atom is -0.377 e. The smallest absolute Gasteiger partial charge is 0.238 e. The van der Waals surface area contributed by atoms with Gasteiger partial charge in [-0.2, -0.15) is 0 Å². The monoisotopic (exact) mass is 302 g/mol. The van der Waals surface area contributed by atoms with E-state index in [0.29, 0.717) is 0 Å². The maximum atomic E-state index is 14.0. The van der Waals surface area contributed by atoms with Gasteiger partial charge in [-0.1, -0.05) is 30.3 Å². The summed E-state index contributed by atoms with van der Waals surface area (Å²) < 4.78 is 19.3. The van der Waals surface area contributed by atoms with Gasteiger partial charge in [0.15, 0.2) is 0 Å². The Morgan fingerprint density at radius 3 is 2.41 bits per heavy atom. The van der Waals surface area contributed by atoms with Crippen LogP contribution >= 0.6 is 0 Å². The Hall–Kier alpha value is -2.24. The fourth-order valence-electron chi connectivity index (χ4n) is 2.08. The van der Waals surface area contributed by atoms with Gasteiger partial charge in [0.05, 0.1) is 18.3 Å². The number of nitrogens with one attached hydrogen (secondary N) is 1. The van der Waals surface area contributed by atoms with E-state index in [1.165, 1.54) is 12.1 Å². The van der Waals surface area contributed by atoms with Crippen molar-refractivity contribution >= 4 is 11.6 Å². The van der Waals surface area contributed by atoms with Crippen molar-refractivity contribution in [3.05, 3.63) is 53.8 Å². The highest BCUT2D eigenvalue weighted by atomic mass is 19.1. The third-order valence-corrected chi connectivity index (χ3v) is 3.50. The zero-order valence-corrected chi connectivity index (χ0v) is 12.6. The standard InChI is InChI=1S/C17H19FN2O2/c1-11(22-2)12-3-5-13(6-4-12)14-7-8-16(15(18)9-14)20-17(21)10-19/h3-9,11H,10,19H2,1-2H3,(H,20,21)/t11-/m1/s1. The van der Waals surface area contributed by atoms with Crippen molar-refractivity contribution in [2.24, 2.45) is 5.73 Å². The number of methoxy groups -OCH3 is 1. The highest BCUT2D eigenvalue weighted by Gasteiger charge is 2.09. The highest BCUT2D eigenvalue weighted by molar-refractivity contribution is 5.92. The van der Waals surface area contributed by atoms with Crippen molar-refractivity contribution in [1.29, 1.82) is 0 Å². The lowest BCUT2D eigenvalue weighted by atomic mass is 10.0. The van der Waals surface area contributed by atoms with E-state index in [0.717, 1.165) is 16.7 Å². The van der Waals surface area contributed by atoms with Gasteiger partial charge in [0.25, 0.3) is 0 Å². The Labute approximate surface area is 129 Å². The van der Waals surface area contributed by atoms with E-state index in [1.807, 2.05) is 31.2 Å². The topological polar surface area (TPSA) is 64.3 Å². The highest BCUT2D eigenvalue weighted by Crippen LogP contribution is 2.26. The summed E-state index contributed by atoms with van der Waals surface area (Å²) in [7, 11) is 1.66. The summed E-state index contributed by atoms with van der Waals surface area (Å²) >= 11 is 0. The number of benzene rings is 2. The van der Waals surface area contributed by atoms with E-state index in [-0.39, 0.29) is 18.3 Å². The molecular weight excluding hydrogens is 283 g/mol. The van der Waals surface area contributed by atoms with E-state index in [9.17, 15) is 9.18 Å². The minimum absolute atomic E-state index is 0.0136. The number of carbonyl (C=O) groups excluding carboxylic acids is 1. The Morgan fingerprint density at radius 1 is 1.23 bits per heavy atom. The first-order valence-electron chi connectivity index (χ1n) is 6.97. The van der Waals surface area contributed by atoms with E-state index in [2.05, 4.69) is 5.32 Å². The fraction of sp³-hybridized carbons (Fsp3) is 0.235. The van der Waals surface area contributed by atoms with E-state index >= 15 is 0 Å². The lowest BCUT2D eigenvalue weighted by molar-refractivity contribution is -0.114. The molecule has 0 saturated carbocycles. The van der Waals surface area contributed by atoms with E-state index < -0.39 is 11.7 Å². The molecule has 0 radical (unpaired) electrons. The molecule has 2 aromatic carbocycles. The Balaban J connectivity index is 2.22. The molecule has 4 nitrogen and oxygen atoms in total. The van der Waals surface area contributed by atoms with Gasteiger partial charge < -0.3 is 15.8 Å². The molecule has 1 amide bonds. The molecule has 116 valence electrons. The van der Waals surface area contributed by atoms with Crippen LogP contribution in [0.3, 0.4) is 0 Å². The van der Waals surface area contributed by atoms with Gasteiger partial charge in [0.2, 0.25) is 5.91 Å². The molecular formula is C17H19FN2O2. The van der Waals surface area contributed by atoms with Gasteiger partial charge in [-0.25, -0.2) is 4.39 Å². The third-order valence-electron chi connectivity index (χ3n) is 3.50. The molecule has 0 spiro atoms. The average Bonchev–Trinajstić information content (AvgIpc) is 2.56. The molecule has 0 aromatic heterocycles. The first kappa shape index (κ1) is 16.1. The lowest BCUT2D eigenvalue weighted by Gasteiger charge is -2.11. The first-order valence-corrected chi connectivity index (χ1v) is 6.97. The lowest BCUT2D eigenvalue weighted by Crippen LogP contribution is -2.22. The number of halogens is 1. The number of rotatable bonds is 5. The van der Waals surface area contributed by atoms with Crippen LogP contribution in [0.5, 0.6) is 0 Å². The van der Waals surface area contributed by atoms with Crippen molar-refractivity contribution < 1.29 is 13.9 Å². The average molecular weight is 302 g/mol. The Kier molecular flexibility index (Phi) is 5.25. The molecule has 2 aromatic rings. The zero-order valence-electron chi connectivity index (χ0n) is 12.6. The largest absolute Gasteiger partial charge is 0.377 e. The number of hydrogen-bond acceptors (Lipinski definition) is 3. The number of amides is 1. The summed E-state index contributed by atoms with van der Waals surface area (Å²) in [4.78, 5) is 11.2. The number of nitrogens with two attached hydrogens (primary N) is 1. The number of carbonyl (C=O) groups is 1. The van der Waals surface area contributed by atoms with Gasteiger partial charge in [0.1, 0.15) is 5.82 Å². The van der Waals surface area contributed by atoms with Gasteiger partial charge >= 0.3 is 0 Å². The van der Waals surface area contributed by atoms with Crippen LogP contribution in [0, 0.1) is 5.82 Å². The summed E-state index contributed by atoms with van der Waals surface area (Å²) in [6.45, 7) is 1.78. The predicted molar refractivity (Wildman–Crippen MR) is 84.9 cm³/mol. The maximum Gasteiger partial charge on any atom is 0.238 e. The van der Waals surface area contributed by atoms with Gasteiger partial charge in [-0.05, 0) is 35.7 Å². The number of ether oxygens (including phenoxy) is 1. The van der Waals surface area contributed by atoms with Crippen molar-refractivity contribution in [1.82, 2.24) is 0 Å². The fourth-order valence-corrected chi connectivity index (χ4v) is 2.08. The van der Waals surface area contributed by atoms with Crippen molar-refractivity contribution in [3.8, 4) is 11.1 Å². The van der Waals surface area contributed by atoms with Gasteiger partial charge in [0, 0.05) is 7.11 Å². The normalized spacial score (nSPS) is 12.0. The summed E-state index contributed by atoms with van der Waals surface area (Å²) in [5, 5.41) is 2.41. The number of hydrogen-bond donors (Lipinski definition) is 2. The zero-order chi connectivity index (χ0) is 16.1. The maximum absolute atomic E-state index is 14.0. The molecule has 0 aliphatic rings. The van der Waals surface area contributed by atoms with Gasteiger partial charge in [-0.3, -0.25) is 4.79 Å².